The summed E-state index contributed by atoms with van der Waals surface area (Å²) in [5.41, 5.74) is 5.59. The van der Waals surface area contributed by atoms with Crippen molar-refractivity contribution < 1.29 is 9.90 Å². The number of pyridine rings is 1. The molecule has 118 valence electrons. The maximum Gasteiger partial charge on any atom is 0.356 e. The minimum atomic E-state index is -1.30. The zero-order valence-electron chi connectivity index (χ0n) is 11.6. The molecule has 0 saturated carbocycles. The van der Waals surface area contributed by atoms with Crippen molar-refractivity contribution in [3.63, 3.8) is 0 Å². The molecule has 0 saturated heterocycles. The van der Waals surface area contributed by atoms with E-state index in [9.17, 15) is 4.79 Å². The minimum Gasteiger partial charge on any atom is -0.476 e. The van der Waals surface area contributed by atoms with Gasteiger partial charge in [0.05, 0.1) is 11.4 Å². The molecular formula is C15H10Cl3N3O2. The molecule has 0 fully saturated rings. The van der Waals surface area contributed by atoms with E-state index >= 15 is 0 Å². The summed E-state index contributed by atoms with van der Waals surface area (Å²) in [4.78, 5) is 14.8. The van der Waals surface area contributed by atoms with Crippen molar-refractivity contribution in [1.29, 1.82) is 0 Å². The molecule has 5 nitrogen and oxygen atoms in total. The van der Waals surface area contributed by atoms with Gasteiger partial charge in [-0.15, -0.1) is 0 Å². The van der Waals surface area contributed by atoms with Crippen molar-refractivity contribution in [3.05, 3.63) is 56.3 Å². The van der Waals surface area contributed by atoms with Crippen LogP contribution in [0.1, 0.15) is 28.0 Å². The third-order valence-corrected chi connectivity index (χ3v) is 4.61. The third kappa shape index (κ3) is 3.00. The Morgan fingerprint density at radius 1 is 1.17 bits per heavy atom. The predicted molar refractivity (Wildman–Crippen MR) is 91.1 cm³/mol. The number of hydrazone groups is 1. The third-order valence-electron chi connectivity index (χ3n) is 3.50. The van der Waals surface area contributed by atoms with Crippen molar-refractivity contribution in [2.45, 2.75) is 12.8 Å². The number of nitrogens with one attached hydrogen (secondary N) is 1. The smallest absolute Gasteiger partial charge is 0.356 e. The number of aromatic carboxylic acids is 1. The minimum absolute atomic E-state index is 0.0253. The van der Waals surface area contributed by atoms with Crippen LogP contribution in [0.25, 0.3) is 0 Å². The van der Waals surface area contributed by atoms with Gasteiger partial charge in [0.25, 0.3) is 0 Å². The lowest BCUT2D eigenvalue weighted by Crippen LogP contribution is -2.06. The quantitative estimate of drug-likeness (QED) is 0.616. The number of nitrogens with zero attached hydrogens (tertiary/aromatic N) is 2. The summed E-state index contributed by atoms with van der Waals surface area (Å²) in [5, 5.41) is 13.2. The van der Waals surface area contributed by atoms with E-state index in [2.05, 4.69) is 15.5 Å². The lowest BCUT2D eigenvalue weighted by Gasteiger charge is -2.10. The molecule has 2 aromatic rings. The molecule has 2 N–H and O–H groups in total. The van der Waals surface area contributed by atoms with Crippen LogP contribution in [0.15, 0.2) is 29.4 Å². The Labute approximate surface area is 146 Å². The number of fused-ring (bicyclic) bond motifs is 1. The van der Waals surface area contributed by atoms with Gasteiger partial charge in [0, 0.05) is 5.56 Å². The lowest BCUT2D eigenvalue weighted by atomic mass is 10.1. The normalized spacial score (nSPS) is 14.8. The second-order valence-corrected chi connectivity index (χ2v) is 6.00. The van der Waals surface area contributed by atoms with Crippen molar-refractivity contribution in [2.24, 2.45) is 5.10 Å². The van der Waals surface area contributed by atoms with Crippen LogP contribution in [-0.2, 0) is 6.42 Å². The fraction of sp³-hybridized carbons (Fsp3) is 0.133. The highest BCUT2D eigenvalue weighted by Gasteiger charge is 2.22. The van der Waals surface area contributed by atoms with Gasteiger partial charge in [-0.25, -0.2) is 9.78 Å². The Morgan fingerprint density at radius 2 is 1.91 bits per heavy atom. The number of carboxylic acid groups (broad SMARTS) is 1. The van der Waals surface area contributed by atoms with Gasteiger partial charge in [-0.2, -0.15) is 5.10 Å². The maximum absolute atomic E-state index is 11.1. The Morgan fingerprint density at radius 3 is 2.65 bits per heavy atom. The summed E-state index contributed by atoms with van der Waals surface area (Å²) in [6, 6.07) is 7.94. The second-order valence-electron chi connectivity index (χ2n) is 4.89. The van der Waals surface area contributed by atoms with Crippen LogP contribution in [0.4, 0.5) is 5.69 Å². The van der Waals surface area contributed by atoms with E-state index in [1.54, 1.807) is 0 Å². The Kier molecular flexibility index (Phi) is 4.43. The first-order chi connectivity index (χ1) is 11.0. The van der Waals surface area contributed by atoms with E-state index in [0.29, 0.717) is 0 Å². The van der Waals surface area contributed by atoms with E-state index < -0.39 is 5.97 Å². The van der Waals surface area contributed by atoms with E-state index in [-0.39, 0.29) is 26.6 Å². The molecule has 1 aromatic heterocycles. The van der Waals surface area contributed by atoms with Gasteiger partial charge in [-0.05, 0) is 18.4 Å². The first-order valence-corrected chi connectivity index (χ1v) is 7.81. The average molecular weight is 371 g/mol. The van der Waals surface area contributed by atoms with E-state index in [0.717, 1.165) is 24.1 Å². The molecule has 1 heterocycles. The van der Waals surface area contributed by atoms with Crippen molar-refractivity contribution >= 4 is 52.2 Å². The molecule has 0 amide bonds. The average Bonchev–Trinajstić information content (AvgIpc) is 2.94. The standard InChI is InChI=1S/C15H10Cl3N3O2/c16-10-12(11(17)14(18)19-13(10)15(22)23)21-20-9-6-5-7-3-1-2-4-8(7)9/h1-4H,5-6H2,(H,19,21)(H,22,23). The zero-order chi connectivity index (χ0) is 16.6. The van der Waals surface area contributed by atoms with E-state index in [4.69, 9.17) is 39.9 Å². The number of hydrogen-bond donors (Lipinski definition) is 2. The molecule has 1 aliphatic carbocycles. The molecule has 0 spiro atoms. The van der Waals surface area contributed by atoms with Gasteiger partial charge in [-0.1, -0.05) is 59.1 Å². The van der Waals surface area contributed by atoms with Crippen LogP contribution in [0, 0.1) is 0 Å². The molecule has 0 atom stereocenters. The van der Waals surface area contributed by atoms with Crippen LogP contribution in [0.5, 0.6) is 0 Å². The zero-order valence-corrected chi connectivity index (χ0v) is 13.9. The topological polar surface area (TPSA) is 74.6 Å². The number of carbonyl (C=O) groups is 1. The predicted octanol–water partition coefficient (Wildman–Crippen LogP) is 4.50. The molecule has 1 aliphatic rings. The Balaban J connectivity index is 1.99. The van der Waals surface area contributed by atoms with E-state index in [1.165, 1.54) is 5.56 Å². The summed E-state index contributed by atoms with van der Waals surface area (Å²) in [6.07, 6.45) is 1.67. The molecule has 1 aromatic carbocycles. The first kappa shape index (κ1) is 16.1. The fourth-order valence-corrected chi connectivity index (χ4v) is 3.07. The van der Waals surface area contributed by atoms with Gasteiger partial charge in [0.2, 0.25) is 0 Å². The number of benzene rings is 1. The monoisotopic (exact) mass is 369 g/mol. The molecule has 0 unspecified atom stereocenters. The van der Waals surface area contributed by atoms with Crippen LogP contribution in [0.3, 0.4) is 0 Å². The number of aryl methyl sites for hydroxylation is 1. The molecule has 0 bridgehead atoms. The molecule has 3 rings (SSSR count). The van der Waals surface area contributed by atoms with Crippen LogP contribution in [-0.4, -0.2) is 21.8 Å². The lowest BCUT2D eigenvalue weighted by molar-refractivity contribution is 0.0691. The number of halogens is 3. The summed E-state index contributed by atoms with van der Waals surface area (Å²) in [7, 11) is 0. The van der Waals surface area contributed by atoms with Gasteiger partial charge in [0.1, 0.15) is 10.0 Å². The van der Waals surface area contributed by atoms with Crippen molar-refractivity contribution in [1.82, 2.24) is 4.98 Å². The van der Waals surface area contributed by atoms with E-state index in [1.807, 2.05) is 24.3 Å². The van der Waals surface area contributed by atoms with Gasteiger partial charge < -0.3 is 5.11 Å². The highest BCUT2D eigenvalue weighted by molar-refractivity contribution is 6.46. The number of rotatable bonds is 3. The van der Waals surface area contributed by atoms with Gasteiger partial charge >= 0.3 is 5.97 Å². The highest BCUT2D eigenvalue weighted by atomic mass is 35.5. The fourth-order valence-electron chi connectivity index (χ4n) is 2.40. The van der Waals surface area contributed by atoms with Crippen molar-refractivity contribution in [2.75, 3.05) is 5.43 Å². The molecular weight excluding hydrogens is 361 g/mol. The SMILES string of the molecule is O=C(O)c1nc(Cl)c(Cl)c(NN=C2CCc3ccccc32)c1Cl. The summed E-state index contributed by atoms with van der Waals surface area (Å²) in [5.74, 6) is -1.30. The Bertz CT molecular complexity index is 837. The number of hydrogen-bond acceptors (Lipinski definition) is 4. The van der Waals surface area contributed by atoms with Crippen molar-refractivity contribution in [3.8, 4) is 0 Å². The van der Waals surface area contributed by atoms with Crippen LogP contribution in [0.2, 0.25) is 15.2 Å². The molecule has 0 radical (unpaired) electrons. The molecule has 23 heavy (non-hydrogen) atoms. The van der Waals surface area contributed by atoms with Gasteiger partial charge in [0.15, 0.2) is 10.8 Å². The molecule has 0 aliphatic heterocycles. The summed E-state index contributed by atoms with van der Waals surface area (Å²) in [6.45, 7) is 0. The number of aromatic nitrogens is 1. The number of carboxylic acids is 1. The Hall–Kier alpha value is -1.82. The highest BCUT2D eigenvalue weighted by Crippen LogP contribution is 2.37. The summed E-state index contributed by atoms with van der Waals surface area (Å²) < 4.78 is 0. The first-order valence-electron chi connectivity index (χ1n) is 6.67. The number of anilines is 1. The van der Waals surface area contributed by atoms with Crippen LogP contribution < -0.4 is 5.43 Å². The summed E-state index contributed by atoms with van der Waals surface area (Å²) >= 11 is 18.0. The largest absolute Gasteiger partial charge is 0.476 e. The maximum atomic E-state index is 11.1. The molecule has 8 heteroatoms. The van der Waals surface area contributed by atoms with Gasteiger partial charge in [-0.3, -0.25) is 5.43 Å². The van der Waals surface area contributed by atoms with Crippen LogP contribution >= 0.6 is 34.8 Å². The second kappa shape index (κ2) is 6.35.